The van der Waals surface area contributed by atoms with Crippen molar-refractivity contribution >= 4 is 0 Å². The Hall–Kier alpha value is -2.40. The number of rotatable bonds is 6. The van der Waals surface area contributed by atoms with Crippen molar-refractivity contribution in [2.45, 2.75) is 30.8 Å². The van der Waals surface area contributed by atoms with Gasteiger partial charge in [-0.25, -0.2) is 0 Å². The lowest BCUT2D eigenvalue weighted by molar-refractivity contribution is 0.145. The fourth-order valence-corrected chi connectivity index (χ4v) is 3.88. The number of aliphatic hydroxyl groups excluding tert-OH is 1. The fourth-order valence-electron chi connectivity index (χ4n) is 3.88. The number of benzene rings is 2. The molecule has 2 aromatic carbocycles. The lowest BCUT2D eigenvalue weighted by Gasteiger charge is -2.22. The Balaban J connectivity index is 1.85. The fraction of sp³-hybridized carbons (Fsp3) is 0.429. The SMILES string of the molecule is COc1ccc([C@H]2CC[C@@H](c3ccc(OC)c(OC)c3)C2O)cc1OC. The first-order valence-electron chi connectivity index (χ1n) is 8.74. The summed E-state index contributed by atoms with van der Waals surface area (Å²) in [6.07, 6.45) is 1.36. The van der Waals surface area contributed by atoms with Crippen LogP contribution in [0.5, 0.6) is 23.0 Å². The van der Waals surface area contributed by atoms with Gasteiger partial charge in [-0.15, -0.1) is 0 Å². The van der Waals surface area contributed by atoms with Crippen molar-refractivity contribution < 1.29 is 24.1 Å². The van der Waals surface area contributed by atoms with Gasteiger partial charge < -0.3 is 24.1 Å². The quantitative estimate of drug-likeness (QED) is 0.852. The van der Waals surface area contributed by atoms with Crippen LogP contribution in [0.3, 0.4) is 0 Å². The summed E-state index contributed by atoms with van der Waals surface area (Å²) < 4.78 is 21.4. The molecule has 0 saturated heterocycles. The second kappa shape index (κ2) is 7.87. The molecule has 3 atom stereocenters. The monoisotopic (exact) mass is 358 g/mol. The van der Waals surface area contributed by atoms with Crippen LogP contribution in [-0.4, -0.2) is 39.6 Å². The first kappa shape index (κ1) is 18.4. The van der Waals surface area contributed by atoms with Crippen LogP contribution in [0.15, 0.2) is 36.4 Å². The van der Waals surface area contributed by atoms with Crippen LogP contribution in [0.25, 0.3) is 0 Å². The number of ether oxygens (including phenoxy) is 4. The van der Waals surface area contributed by atoms with E-state index >= 15 is 0 Å². The van der Waals surface area contributed by atoms with Gasteiger partial charge in [-0.05, 0) is 48.2 Å². The minimum atomic E-state index is -0.466. The topological polar surface area (TPSA) is 57.2 Å². The Kier molecular flexibility index (Phi) is 5.57. The Morgan fingerprint density at radius 1 is 0.654 bits per heavy atom. The van der Waals surface area contributed by atoms with E-state index in [4.69, 9.17) is 18.9 Å². The van der Waals surface area contributed by atoms with E-state index in [9.17, 15) is 5.11 Å². The maximum absolute atomic E-state index is 11.0. The van der Waals surface area contributed by atoms with Crippen LogP contribution < -0.4 is 18.9 Å². The van der Waals surface area contributed by atoms with E-state index in [1.54, 1.807) is 28.4 Å². The van der Waals surface area contributed by atoms with Gasteiger partial charge >= 0.3 is 0 Å². The second-order valence-electron chi connectivity index (χ2n) is 6.51. The summed E-state index contributed by atoms with van der Waals surface area (Å²) in [5.74, 6) is 2.89. The van der Waals surface area contributed by atoms with Gasteiger partial charge in [0.15, 0.2) is 23.0 Å². The van der Waals surface area contributed by atoms with Crippen molar-refractivity contribution in [3.05, 3.63) is 47.5 Å². The van der Waals surface area contributed by atoms with Crippen molar-refractivity contribution in [3.8, 4) is 23.0 Å². The lowest BCUT2D eigenvalue weighted by Crippen LogP contribution is -2.18. The number of aliphatic hydroxyl groups is 1. The van der Waals surface area contributed by atoms with E-state index in [1.807, 2.05) is 36.4 Å². The highest BCUT2D eigenvalue weighted by Gasteiger charge is 2.37. The first-order valence-corrected chi connectivity index (χ1v) is 8.74. The molecule has 0 amide bonds. The van der Waals surface area contributed by atoms with E-state index in [1.165, 1.54) is 0 Å². The van der Waals surface area contributed by atoms with Crippen molar-refractivity contribution in [2.24, 2.45) is 0 Å². The summed E-state index contributed by atoms with van der Waals surface area (Å²) in [6, 6.07) is 11.7. The Bertz CT molecular complexity index is 695. The average Bonchev–Trinajstić information content (AvgIpc) is 3.08. The standard InChI is InChI=1S/C21H26O5/c1-23-17-9-5-13(11-19(17)25-3)15-7-8-16(21(15)22)14-6-10-18(24-2)20(12-14)26-4/h5-6,9-12,15-16,21-22H,7-8H2,1-4H3/t15-,16+,21?. The van der Waals surface area contributed by atoms with Crippen LogP contribution in [0.2, 0.25) is 0 Å². The zero-order chi connectivity index (χ0) is 18.7. The van der Waals surface area contributed by atoms with E-state index in [0.717, 1.165) is 24.0 Å². The molecule has 0 radical (unpaired) electrons. The number of hydrogen-bond donors (Lipinski definition) is 1. The van der Waals surface area contributed by atoms with E-state index < -0.39 is 6.10 Å². The first-order chi connectivity index (χ1) is 12.6. The number of hydrogen-bond acceptors (Lipinski definition) is 5. The summed E-state index contributed by atoms with van der Waals surface area (Å²) in [5.41, 5.74) is 2.14. The van der Waals surface area contributed by atoms with Gasteiger partial charge in [0.1, 0.15) is 0 Å². The van der Waals surface area contributed by atoms with Gasteiger partial charge in [-0.2, -0.15) is 0 Å². The van der Waals surface area contributed by atoms with Gasteiger partial charge in [0, 0.05) is 11.8 Å². The second-order valence-corrected chi connectivity index (χ2v) is 6.51. The van der Waals surface area contributed by atoms with Crippen LogP contribution in [-0.2, 0) is 0 Å². The van der Waals surface area contributed by atoms with E-state index in [2.05, 4.69) is 0 Å². The third-order valence-corrected chi connectivity index (χ3v) is 5.28. The molecule has 140 valence electrons. The van der Waals surface area contributed by atoms with Crippen molar-refractivity contribution in [2.75, 3.05) is 28.4 Å². The molecule has 0 heterocycles. The average molecular weight is 358 g/mol. The van der Waals surface area contributed by atoms with Crippen LogP contribution in [0.4, 0.5) is 0 Å². The molecule has 1 N–H and O–H groups in total. The Morgan fingerprint density at radius 3 is 1.38 bits per heavy atom. The normalized spacial score (nSPS) is 22.1. The maximum atomic E-state index is 11.0. The van der Waals surface area contributed by atoms with Gasteiger partial charge in [0.2, 0.25) is 0 Å². The molecule has 1 aliphatic carbocycles. The predicted molar refractivity (Wildman–Crippen MR) is 99.8 cm³/mol. The molecular weight excluding hydrogens is 332 g/mol. The molecule has 5 nitrogen and oxygen atoms in total. The molecule has 3 rings (SSSR count). The zero-order valence-corrected chi connectivity index (χ0v) is 15.7. The predicted octanol–water partition coefficient (Wildman–Crippen LogP) is 3.74. The molecule has 0 aliphatic heterocycles. The maximum Gasteiger partial charge on any atom is 0.160 e. The molecule has 1 aliphatic rings. The van der Waals surface area contributed by atoms with Crippen LogP contribution in [0.1, 0.15) is 35.8 Å². The van der Waals surface area contributed by atoms with Gasteiger partial charge in [0.25, 0.3) is 0 Å². The summed E-state index contributed by atoms with van der Waals surface area (Å²) in [4.78, 5) is 0. The molecule has 1 saturated carbocycles. The molecule has 1 fully saturated rings. The Labute approximate surface area is 154 Å². The molecule has 26 heavy (non-hydrogen) atoms. The van der Waals surface area contributed by atoms with Crippen molar-refractivity contribution in [1.29, 1.82) is 0 Å². The third kappa shape index (κ3) is 3.31. The minimum absolute atomic E-state index is 0.0629. The highest BCUT2D eigenvalue weighted by Crippen LogP contribution is 2.46. The molecule has 0 spiro atoms. The van der Waals surface area contributed by atoms with Crippen LogP contribution >= 0.6 is 0 Å². The zero-order valence-electron chi connectivity index (χ0n) is 15.7. The summed E-state index contributed by atoms with van der Waals surface area (Å²) in [5, 5.41) is 11.0. The molecule has 5 heteroatoms. The summed E-state index contributed by atoms with van der Waals surface area (Å²) >= 11 is 0. The summed E-state index contributed by atoms with van der Waals surface area (Å²) in [6.45, 7) is 0. The highest BCUT2D eigenvalue weighted by atomic mass is 16.5. The largest absolute Gasteiger partial charge is 0.493 e. The minimum Gasteiger partial charge on any atom is -0.493 e. The smallest absolute Gasteiger partial charge is 0.160 e. The lowest BCUT2D eigenvalue weighted by atomic mass is 9.89. The van der Waals surface area contributed by atoms with Crippen molar-refractivity contribution in [3.63, 3.8) is 0 Å². The van der Waals surface area contributed by atoms with Crippen molar-refractivity contribution in [1.82, 2.24) is 0 Å². The van der Waals surface area contributed by atoms with E-state index in [0.29, 0.717) is 23.0 Å². The van der Waals surface area contributed by atoms with Gasteiger partial charge in [0.05, 0.1) is 34.5 Å². The Morgan fingerprint density at radius 2 is 1.04 bits per heavy atom. The van der Waals surface area contributed by atoms with Crippen LogP contribution in [0, 0.1) is 0 Å². The highest BCUT2D eigenvalue weighted by molar-refractivity contribution is 5.46. The summed E-state index contributed by atoms with van der Waals surface area (Å²) in [7, 11) is 6.49. The molecular formula is C21H26O5. The number of methoxy groups -OCH3 is 4. The van der Waals surface area contributed by atoms with Gasteiger partial charge in [-0.3, -0.25) is 0 Å². The van der Waals surface area contributed by atoms with Gasteiger partial charge in [-0.1, -0.05) is 12.1 Å². The molecule has 2 aromatic rings. The molecule has 0 aromatic heterocycles. The third-order valence-electron chi connectivity index (χ3n) is 5.28. The van der Waals surface area contributed by atoms with E-state index in [-0.39, 0.29) is 11.8 Å². The molecule has 0 bridgehead atoms. The molecule has 1 unspecified atom stereocenters.